The maximum Gasteiger partial charge on any atom is 0.220 e. The van der Waals surface area contributed by atoms with Gasteiger partial charge in [0.25, 0.3) is 0 Å². The molecule has 3 nitrogen and oxygen atoms in total. The molecule has 0 aliphatic heterocycles. The number of hydrogen-bond acceptors (Lipinski definition) is 2. The quantitative estimate of drug-likeness (QED) is 0.304. The minimum absolute atomic E-state index is 0.182. The lowest BCUT2D eigenvalue weighted by atomic mass is 9.53. The Morgan fingerprint density at radius 1 is 0.781 bits per heavy atom. The van der Waals surface area contributed by atoms with Gasteiger partial charge in [-0.2, -0.15) is 0 Å². The Balaban J connectivity index is 0.933. The summed E-state index contributed by atoms with van der Waals surface area (Å²) in [5.41, 5.74) is 1.63. The summed E-state index contributed by atoms with van der Waals surface area (Å²) in [6.45, 7) is 1.78. The van der Waals surface area contributed by atoms with Crippen molar-refractivity contribution < 1.29 is 9.53 Å². The lowest BCUT2D eigenvalue weighted by Crippen LogP contribution is -2.59. The van der Waals surface area contributed by atoms with Gasteiger partial charge in [-0.1, -0.05) is 56.0 Å². The average molecular weight is 440 g/mol. The van der Waals surface area contributed by atoms with Crippen molar-refractivity contribution >= 4 is 5.91 Å². The van der Waals surface area contributed by atoms with E-state index in [4.69, 9.17) is 4.74 Å². The maximum absolute atomic E-state index is 12.6. The molecule has 4 bridgehead atoms. The number of aryl methyl sites for hydroxylation is 1. The predicted octanol–water partition coefficient (Wildman–Crippen LogP) is 6.84. The second-order valence-electron chi connectivity index (χ2n) is 11.2. The lowest BCUT2D eigenvalue weighted by molar-refractivity contribution is -0.127. The van der Waals surface area contributed by atoms with Crippen molar-refractivity contribution in [3.8, 4) is 0 Å². The van der Waals surface area contributed by atoms with Crippen LogP contribution in [0.4, 0.5) is 0 Å². The van der Waals surface area contributed by atoms with Crippen LogP contribution in [0.3, 0.4) is 0 Å². The van der Waals surface area contributed by atoms with Gasteiger partial charge in [0.05, 0.1) is 0 Å². The van der Waals surface area contributed by atoms with E-state index in [0.29, 0.717) is 12.3 Å². The van der Waals surface area contributed by atoms with Gasteiger partial charge in [0.2, 0.25) is 5.91 Å². The first-order valence-electron chi connectivity index (χ1n) is 13.6. The van der Waals surface area contributed by atoms with Crippen LogP contribution in [-0.4, -0.2) is 24.7 Å². The third-order valence-corrected chi connectivity index (χ3v) is 8.23. The smallest absolute Gasteiger partial charge is 0.220 e. The van der Waals surface area contributed by atoms with Crippen LogP contribution in [-0.2, 0) is 16.0 Å². The predicted molar refractivity (Wildman–Crippen MR) is 132 cm³/mol. The van der Waals surface area contributed by atoms with E-state index in [1.54, 1.807) is 0 Å². The molecule has 5 rings (SSSR count). The van der Waals surface area contributed by atoms with Gasteiger partial charge in [-0.3, -0.25) is 4.79 Å². The highest BCUT2D eigenvalue weighted by atomic mass is 16.5. The van der Waals surface area contributed by atoms with Crippen LogP contribution in [0.2, 0.25) is 0 Å². The molecular formula is C29H45NO2. The molecule has 4 saturated carbocycles. The molecule has 178 valence electrons. The van der Waals surface area contributed by atoms with E-state index in [0.717, 1.165) is 50.2 Å². The van der Waals surface area contributed by atoms with Crippen LogP contribution in [0.25, 0.3) is 0 Å². The Morgan fingerprint density at radius 2 is 1.34 bits per heavy atom. The van der Waals surface area contributed by atoms with Crippen molar-refractivity contribution in [2.24, 2.45) is 17.8 Å². The molecule has 32 heavy (non-hydrogen) atoms. The Hall–Kier alpha value is -1.35. The Bertz CT molecular complexity index is 650. The molecule has 4 aliphatic rings. The third kappa shape index (κ3) is 7.33. The number of amides is 1. The molecule has 4 aliphatic carbocycles. The van der Waals surface area contributed by atoms with E-state index >= 15 is 0 Å². The van der Waals surface area contributed by atoms with Gasteiger partial charge in [-0.15, -0.1) is 0 Å². The third-order valence-electron chi connectivity index (χ3n) is 8.23. The van der Waals surface area contributed by atoms with E-state index in [-0.39, 0.29) is 5.54 Å². The van der Waals surface area contributed by atoms with Gasteiger partial charge in [0.1, 0.15) is 0 Å². The molecule has 1 N–H and O–H groups in total. The van der Waals surface area contributed by atoms with Crippen LogP contribution in [0.5, 0.6) is 0 Å². The molecule has 0 aromatic heterocycles. The zero-order valence-corrected chi connectivity index (χ0v) is 20.2. The molecule has 0 heterocycles. The van der Waals surface area contributed by atoms with Crippen molar-refractivity contribution in [3.05, 3.63) is 35.9 Å². The van der Waals surface area contributed by atoms with Gasteiger partial charge in [0.15, 0.2) is 0 Å². The van der Waals surface area contributed by atoms with E-state index < -0.39 is 0 Å². The number of rotatable bonds is 15. The fourth-order valence-electron chi connectivity index (χ4n) is 7.10. The average Bonchev–Trinajstić information content (AvgIpc) is 2.76. The molecule has 0 spiro atoms. The molecule has 1 amide bonds. The van der Waals surface area contributed by atoms with Crippen LogP contribution in [0.15, 0.2) is 30.3 Å². The number of nitrogens with one attached hydrogen (secondary N) is 1. The Labute approximate surface area is 196 Å². The minimum Gasteiger partial charge on any atom is -0.381 e. The highest BCUT2D eigenvalue weighted by molar-refractivity contribution is 5.76. The molecule has 0 saturated heterocycles. The number of unbranched alkanes of at least 4 members (excludes halogenated alkanes) is 6. The number of carbonyl (C=O) groups excluding carboxylic acids is 1. The van der Waals surface area contributed by atoms with Crippen molar-refractivity contribution in [2.45, 2.75) is 108 Å². The molecule has 0 atom stereocenters. The summed E-state index contributed by atoms with van der Waals surface area (Å²) in [4.78, 5) is 12.6. The highest BCUT2D eigenvalue weighted by Crippen LogP contribution is 2.55. The van der Waals surface area contributed by atoms with Gasteiger partial charge < -0.3 is 10.1 Å². The topological polar surface area (TPSA) is 38.3 Å². The van der Waals surface area contributed by atoms with Gasteiger partial charge >= 0.3 is 0 Å². The monoisotopic (exact) mass is 439 g/mol. The molecule has 4 fully saturated rings. The fourth-order valence-corrected chi connectivity index (χ4v) is 7.10. The van der Waals surface area contributed by atoms with E-state index in [9.17, 15) is 4.79 Å². The normalized spacial score (nSPS) is 28.2. The largest absolute Gasteiger partial charge is 0.381 e. The first-order chi connectivity index (χ1) is 15.7. The van der Waals surface area contributed by atoms with Gasteiger partial charge in [-0.05, 0) is 93.9 Å². The first kappa shape index (κ1) is 23.8. The zero-order valence-electron chi connectivity index (χ0n) is 20.2. The van der Waals surface area contributed by atoms with Crippen LogP contribution >= 0.6 is 0 Å². The van der Waals surface area contributed by atoms with Crippen molar-refractivity contribution in [1.82, 2.24) is 5.32 Å². The molecule has 3 heteroatoms. The SMILES string of the molecule is O=C(CCCCCCOCCCCCCc1ccccc1)NC12CC3CC(CC(C3)C1)C2. The van der Waals surface area contributed by atoms with E-state index in [2.05, 4.69) is 35.6 Å². The summed E-state index contributed by atoms with van der Waals surface area (Å²) < 4.78 is 5.81. The molecule has 0 radical (unpaired) electrons. The van der Waals surface area contributed by atoms with Crippen LogP contribution in [0, 0.1) is 17.8 Å². The molecule has 1 aromatic carbocycles. The summed E-state index contributed by atoms with van der Waals surface area (Å²) in [6.07, 6.45) is 19.5. The second kappa shape index (κ2) is 12.2. The second-order valence-corrected chi connectivity index (χ2v) is 11.2. The summed E-state index contributed by atoms with van der Waals surface area (Å²) in [6, 6.07) is 10.8. The van der Waals surface area contributed by atoms with Crippen molar-refractivity contribution in [1.29, 1.82) is 0 Å². The lowest BCUT2D eigenvalue weighted by Gasteiger charge is -2.56. The Kier molecular flexibility index (Phi) is 9.08. The fraction of sp³-hybridized carbons (Fsp3) is 0.759. The highest BCUT2D eigenvalue weighted by Gasteiger charge is 2.51. The van der Waals surface area contributed by atoms with Crippen molar-refractivity contribution in [2.75, 3.05) is 13.2 Å². The number of ether oxygens (including phenoxy) is 1. The molecule has 0 unspecified atom stereocenters. The zero-order chi connectivity index (χ0) is 22.1. The van der Waals surface area contributed by atoms with Crippen molar-refractivity contribution in [3.63, 3.8) is 0 Å². The Morgan fingerprint density at radius 3 is 1.97 bits per heavy atom. The summed E-state index contributed by atoms with van der Waals surface area (Å²) in [7, 11) is 0. The standard InChI is InChI=1S/C29H45NO2/c31-28(30-29-21-25-18-26(22-29)20-27(19-25)23-29)15-9-2-4-11-17-32-16-10-3-1-6-12-24-13-7-5-8-14-24/h5,7-8,13-14,25-27H,1-4,6,9-12,15-23H2,(H,30,31). The van der Waals surface area contributed by atoms with E-state index in [1.807, 2.05) is 0 Å². The van der Waals surface area contributed by atoms with Gasteiger partial charge in [-0.25, -0.2) is 0 Å². The summed E-state index contributed by atoms with van der Waals surface area (Å²) in [5.74, 6) is 3.01. The summed E-state index contributed by atoms with van der Waals surface area (Å²) >= 11 is 0. The number of benzene rings is 1. The van der Waals surface area contributed by atoms with Crippen LogP contribution in [0.1, 0.15) is 102 Å². The first-order valence-corrected chi connectivity index (χ1v) is 13.6. The molecule has 1 aromatic rings. The number of hydrogen-bond donors (Lipinski definition) is 1. The minimum atomic E-state index is 0.182. The maximum atomic E-state index is 12.6. The van der Waals surface area contributed by atoms with Gasteiger partial charge in [0, 0.05) is 25.2 Å². The van der Waals surface area contributed by atoms with E-state index in [1.165, 1.54) is 82.6 Å². The summed E-state index contributed by atoms with van der Waals surface area (Å²) in [5, 5.41) is 3.51. The van der Waals surface area contributed by atoms with Crippen LogP contribution < -0.4 is 5.32 Å². The molecular weight excluding hydrogens is 394 g/mol. The number of carbonyl (C=O) groups is 1.